The quantitative estimate of drug-likeness (QED) is 0.0608. The van der Waals surface area contributed by atoms with E-state index in [-0.39, 0.29) is 6.04 Å². The van der Waals surface area contributed by atoms with Crippen LogP contribution in [-0.4, -0.2) is 23.8 Å². The van der Waals surface area contributed by atoms with Crippen molar-refractivity contribution >= 4 is 6.08 Å². The van der Waals surface area contributed by atoms with Crippen molar-refractivity contribution in [1.29, 1.82) is 0 Å². The second-order valence-corrected chi connectivity index (χ2v) is 14.1. The number of nitrogens with zero attached hydrogens (tertiary/aromatic N) is 1. The number of rotatable bonds is 32. The van der Waals surface area contributed by atoms with Crippen molar-refractivity contribution in [3.63, 3.8) is 0 Å². The van der Waals surface area contributed by atoms with Crippen molar-refractivity contribution in [2.75, 3.05) is 13.1 Å². The molecule has 2 rings (SSSR count). The number of hydrogen-bond acceptors (Lipinski definition) is 2. The molecule has 0 saturated carbocycles. The van der Waals surface area contributed by atoms with E-state index in [1.165, 1.54) is 173 Å². The summed E-state index contributed by atoms with van der Waals surface area (Å²) in [6, 6.07) is 10.9. The molecule has 0 aliphatic carbocycles. The fourth-order valence-corrected chi connectivity index (χ4v) is 6.76. The largest absolute Gasteiger partial charge is 0.167 e. The molecule has 0 amide bonds. The van der Waals surface area contributed by atoms with E-state index >= 15 is 0 Å². The van der Waals surface area contributed by atoms with Gasteiger partial charge in [0.25, 0.3) is 0 Å². The second kappa shape index (κ2) is 29.5. The zero-order chi connectivity index (χ0) is 32.6. The molecular weight excluding hydrogens is 558 g/mol. The highest BCUT2D eigenvalue weighted by Crippen LogP contribution is 2.19. The van der Waals surface area contributed by atoms with Gasteiger partial charge < -0.3 is 0 Å². The normalized spacial score (nSPS) is 15.7. The fraction of sp³-hybridized carbons (Fsp3) is 0.721. The summed E-state index contributed by atoms with van der Waals surface area (Å²) in [6.45, 7) is 6.68. The minimum Gasteiger partial charge on any atom is -0.143 e. The molecule has 0 fully saturated rings. The molecule has 0 radical (unpaired) electrons. The monoisotopic (exact) mass is 635 g/mol. The Morgan fingerprint density at radius 3 is 1.30 bits per heavy atom. The zero-order valence-corrected chi connectivity index (χ0v) is 30.7. The molecule has 0 bridgehead atoms. The molecule has 0 spiro atoms. The Bertz CT molecular complexity index is 841. The third-order valence-corrected chi connectivity index (χ3v) is 9.80. The van der Waals surface area contributed by atoms with Gasteiger partial charge in [0.1, 0.15) is 6.20 Å². The van der Waals surface area contributed by atoms with Gasteiger partial charge >= 0.3 is 0 Å². The standard InChI is InChI=1S/C43H76N3/c1-3-5-7-9-11-13-15-17-19-21-23-25-31-39-44-46(41-33-30-36-43(46)38-37-42-34-28-27-29-35-42)45-40-32-26-24-22-20-18-16-14-12-10-8-6-4-2/h27-30,33-38,41,43-45H,3-26,31-32,39-40H2,1-2H3/q+1. The summed E-state index contributed by atoms with van der Waals surface area (Å²) in [4.78, 5) is 0. The molecule has 1 aliphatic rings. The van der Waals surface area contributed by atoms with Crippen LogP contribution in [0.2, 0.25) is 0 Å². The first kappa shape index (κ1) is 40.5. The van der Waals surface area contributed by atoms with Crippen LogP contribution in [0.15, 0.2) is 60.8 Å². The van der Waals surface area contributed by atoms with Gasteiger partial charge in [0.15, 0.2) is 6.04 Å². The average Bonchev–Trinajstić information content (AvgIpc) is 3.08. The average molecular weight is 635 g/mol. The van der Waals surface area contributed by atoms with E-state index in [0.29, 0.717) is 4.70 Å². The van der Waals surface area contributed by atoms with Crippen LogP contribution in [0.3, 0.4) is 0 Å². The lowest BCUT2D eigenvalue weighted by Gasteiger charge is -2.39. The molecule has 3 heteroatoms. The third-order valence-electron chi connectivity index (χ3n) is 9.80. The van der Waals surface area contributed by atoms with Gasteiger partial charge in [-0.15, -0.1) is 15.6 Å². The van der Waals surface area contributed by atoms with E-state index in [9.17, 15) is 0 Å². The molecule has 1 unspecified atom stereocenters. The van der Waals surface area contributed by atoms with Gasteiger partial charge in [-0.05, 0) is 36.6 Å². The summed E-state index contributed by atoms with van der Waals surface area (Å²) < 4.78 is 0.621. The summed E-state index contributed by atoms with van der Waals surface area (Å²) in [5.41, 5.74) is 9.15. The van der Waals surface area contributed by atoms with Crippen molar-refractivity contribution in [3.8, 4) is 0 Å². The Balaban J connectivity index is 1.67. The van der Waals surface area contributed by atoms with Gasteiger partial charge in [-0.3, -0.25) is 0 Å². The maximum Gasteiger partial charge on any atom is 0.167 e. The Morgan fingerprint density at radius 1 is 0.500 bits per heavy atom. The van der Waals surface area contributed by atoms with Crippen LogP contribution in [0, 0.1) is 0 Å². The summed E-state index contributed by atoms with van der Waals surface area (Å²) in [7, 11) is 0. The maximum absolute atomic E-state index is 3.94. The van der Waals surface area contributed by atoms with Gasteiger partial charge in [-0.25, -0.2) is 0 Å². The molecular formula is C43H76N3+. The van der Waals surface area contributed by atoms with Crippen LogP contribution in [0.1, 0.15) is 186 Å². The van der Waals surface area contributed by atoms with Gasteiger partial charge in [0.05, 0.1) is 0 Å². The minimum atomic E-state index is 0.231. The predicted molar refractivity (Wildman–Crippen MR) is 205 cm³/mol. The van der Waals surface area contributed by atoms with Gasteiger partial charge in [0, 0.05) is 13.1 Å². The first-order chi connectivity index (χ1) is 22.8. The third kappa shape index (κ3) is 20.5. The molecule has 262 valence electrons. The molecule has 1 aromatic carbocycles. The first-order valence-electron chi connectivity index (χ1n) is 20.3. The molecule has 46 heavy (non-hydrogen) atoms. The molecule has 2 N–H and O–H groups in total. The molecule has 1 atom stereocenters. The van der Waals surface area contributed by atoms with Gasteiger partial charge in [-0.2, -0.15) is 0 Å². The Morgan fingerprint density at radius 2 is 0.891 bits per heavy atom. The minimum absolute atomic E-state index is 0.231. The van der Waals surface area contributed by atoms with E-state index in [4.69, 9.17) is 0 Å². The van der Waals surface area contributed by atoms with E-state index in [0.717, 1.165) is 13.1 Å². The number of nitrogens with one attached hydrogen (secondary N) is 2. The maximum atomic E-state index is 3.94. The topological polar surface area (TPSA) is 24.1 Å². The highest BCUT2D eigenvalue weighted by molar-refractivity contribution is 5.49. The lowest BCUT2D eigenvalue weighted by atomic mass is 10.0. The number of allylic oxidation sites excluding steroid dienone is 2. The molecule has 1 aromatic rings. The SMILES string of the molecule is CCCCCCCCCCCCCCCN[N+]1(NCCCCCCCCCCCCCCC)C=CC=CC1C=Cc1ccccc1. The summed E-state index contributed by atoms with van der Waals surface area (Å²) in [5.74, 6) is 0. The second-order valence-electron chi connectivity index (χ2n) is 14.1. The van der Waals surface area contributed by atoms with Crippen molar-refractivity contribution in [2.45, 2.75) is 187 Å². The highest BCUT2D eigenvalue weighted by Gasteiger charge is 2.34. The van der Waals surface area contributed by atoms with E-state index in [2.05, 4.69) is 91.6 Å². The van der Waals surface area contributed by atoms with Crippen LogP contribution < -0.4 is 10.9 Å². The number of benzene rings is 1. The zero-order valence-electron chi connectivity index (χ0n) is 30.7. The fourth-order valence-electron chi connectivity index (χ4n) is 6.76. The van der Waals surface area contributed by atoms with E-state index in [1.807, 2.05) is 0 Å². The number of unbranched alkanes of at least 4 members (excludes halogenated alkanes) is 24. The predicted octanol–water partition coefficient (Wildman–Crippen LogP) is 13.2. The Labute approximate surface area is 287 Å². The Kier molecular flexibility index (Phi) is 25.9. The molecule has 3 nitrogen and oxygen atoms in total. The molecule has 1 aliphatic heterocycles. The molecule has 0 saturated heterocycles. The van der Waals surface area contributed by atoms with Crippen LogP contribution in [0.4, 0.5) is 0 Å². The van der Waals surface area contributed by atoms with Crippen LogP contribution >= 0.6 is 0 Å². The van der Waals surface area contributed by atoms with Crippen molar-refractivity contribution in [1.82, 2.24) is 10.9 Å². The van der Waals surface area contributed by atoms with Crippen LogP contribution in [0.5, 0.6) is 0 Å². The van der Waals surface area contributed by atoms with E-state index < -0.39 is 0 Å². The Hall–Kier alpha value is -1.68. The highest BCUT2D eigenvalue weighted by atomic mass is 15.9. The number of hydrogen-bond donors (Lipinski definition) is 2. The number of quaternary nitrogens is 1. The smallest absolute Gasteiger partial charge is 0.143 e. The van der Waals surface area contributed by atoms with E-state index in [1.54, 1.807) is 0 Å². The first-order valence-corrected chi connectivity index (χ1v) is 20.3. The van der Waals surface area contributed by atoms with Crippen molar-refractivity contribution in [3.05, 3.63) is 66.4 Å². The summed E-state index contributed by atoms with van der Waals surface area (Å²) in [6.07, 6.45) is 50.1. The van der Waals surface area contributed by atoms with Crippen LogP contribution in [0.25, 0.3) is 6.08 Å². The lowest BCUT2D eigenvalue weighted by molar-refractivity contribution is -0.976. The van der Waals surface area contributed by atoms with Crippen molar-refractivity contribution < 1.29 is 4.70 Å². The van der Waals surface area contributed by atoms with Gasteiger partial charge in [0.2, 0.25) is 0 Å². The lowest BCUT2D eigenvalue weighted by Crippen LogP contribution is -2.67. The molecule has 1 heterocycles. The summed E-state index contributed by atoms with van der Waals surface area (Å²) in [5, 5.41) is 0. The molecule has 0 aromatic heterocycles. The van der Waals surface area contributed by atoms with Crippen LogP contribution in [-0.2, 0) is 0 Å². The van der Waals surface area contributed by atoms with Crippen molar-refractivity contribution in [2.24, 2.45) is 0 Å². The summed E-state index contributed by atoms with van der Waals surface area (Å²) >= 11 is 0. The van der Waals surface area contributed by atoms with Gasteiger partial charge in [-0.1, -0.05) is 210 Å².